The first-order valence-electron chi connectivity index (χ1n) is 5.85. The molecule has 1 aromatic carbocycles. The van der Waals surface area contributed by atoms with Crippen LogP contribution in [0.25, 0.3) is 0 Å². The molecule has 3 rings (SSSR count). The zero-order valence-corrected chi connectivity index (χ0v) is 10.1. The van der Waals surface area contributed by atoms with E-state index in [1.54, 1.807) is 0 Å². The van der Waals surface area contributed by atoms with Gasteiger partial charge in [0, 0.05) is 6.42 Å². The van der Waals surface area contributed by atoms with Gasteiger partial charge in [0.1, 0.15) is 11.9 Å². The smallest absolute Gasteiger partial charge is 0.330 e. The van der Waals surface area contributed by atoms with Gasteiger partial charge in [-0.3, -0.25) is 10.1 Å². The molecule has 1 aliphatic heterocycles. The molecule has 0 saturated carbocycles. The Balaban J connectivity index is 1.87. The topological polar surface area (TPSA) is 96.2 Å². The summed E-state index contributed by atoms with van der Waals surface area (Å²) < 4.78 is 6.85. The van der Waals surface area contributed by atoms with Gasteiger partial charge in [0.05, 0.1) is 18.1 Å². The van der Waals surface area contributed by atoms with Gasteiger partial charge in [-0.2, -0.15) is 5.10 Å². The molecule has 2 heterocycles. The van der Waals surface area contributed by atoms with Crippen molar-refractivity contribution in [2.45, 2.75) is 13.0 Å². The molecule has 1 aromatic heterocycles. The minimum Gasteiger partial charge on any atom is -0.493 e. The fourth-order valence-corrected chi connectivity index (χ4v) is 2.16. The molecule has 0 aliphatic carbocycles. The van der Waals surface area contributed by atoms with Gasteiger partial charge in [0.25, 0.3) is 0 Å². The summed E-state index contributed by atoms with van der Waals surface area (Å²) in [4.78, 5) is 10.2. The molecule has 0 atom stereocenters. The lowest BCUT2D eigenvalue weighted by Crippen LogP contribution is -2.06. The SMILES string of the molecule is Nc1c([N+](=O)[O-])cnn1Cc1ccc2c(c1)CCO2. The molecule has 7 heteroatoms. The van der Waals surface area contributed by atoms with Crippen LogP contribution in [0.5, 0.6) is 5.75 Å². The summed E-state index contributed by atoms with van der Waals surface area (Å²) in [5, 5.41) is 14.6. The van der Waals surface area contributed by atoms with E-state index in [4.69, 9.17) is 10.5 Å². The minimum atomic E-state index is -0.532. The van der Waals surface area contributed by atoms with Crippen LogP contribution < -0.4 is 10.5 Å². The number of nitrogens with zero attached hydrogens (tertiary/aromatic N) is 3. The van der Waals surface area contributed by atoms with Gasteiger partial charge >= 0.3 is 5.69 Å². The van der Waals surface area contributed by atoms with Gasteiger partial charge < -0.3 is 10.5 Å². The summed E-state index contributed by atoms with van der Waals surface area (Å²) >= 11 is 0. The van der Waals surface area contributed by atoms with Crippen molar-refractivity contribution in [3.8, 4) is 5.75 Å². The van der Waals surface area contributed by atoms with E-state index in [2.05, 4.69) is 5.10 Å². The van der Waals surface area contributed by atoms with Gasteiger partial charge in [-0.15, -0.1) is 0 Å². The monoisotopic (exact) mass is 260 g/mol. The lowest BCUT2D eigenvalue weighted by atomic mass is 10.1. The van der Waals surface area contributed by atoms with E-state index in [0.29, 0.717) is 13.2 Å². The fourth-order valence-electron chi connectivity index (χ4n) is 2.16. The van der Waals surface area contributed by atoms with Crippen LogP contribution in [0.15, 0.2) is 24.4 Å². The van der Waals surface area contributed by atoms with Crippen LogP contribution in [-0.4, -0.2) is 21.3 Å². The number of aromatic nitrogens is 2. The maximum Gasteiger partial charge on any atom is 0.330 e. The molecule has 2 N–H and O–H groups in total. The number of nitrogen functional groups attached to an aromatic ring is 1. The number of rotatable bonds is 3. The molecule has 0 fully saturated rings. The van der Waals surface area contributed by atoms with E-state index in [1.165, 1.54) is 10.9 Å². The number of hydrogen-bond acceptors (Lipinski definition) is 5. The zero-order chi connectivity index (χ0) is 13.4. The van der Waals surface area contributed by atoms with Crippen molar-refractivity contribution in [3.05, 3.63) is 45.6 Å². The predicted molar refractivity (Wildman–Crippen MR) is 68.0 cm³/mol. The Morgan fingerprint density at radius 1 is 1.53 bits per heavy atom. The predicted octanol–water partition coefficient (Wildman–Crippen LogP) is 1.36. The Morgan fingerprint density at radius 3 is 3.11 bits per heavy atom. The number of hydrogen-bond donors (Lipinski definition) is 1. The Morgan fingerprint density at radius 2 is 2.37 bits per heavy atom. The Kier molecular flexibility index (Phi) is 2.59. The highest BCUT2D eigenvalue weighted by molar-refractivity contribution is 5.51. The van der Waals surface area contributed by atoms with Crippen LogP contribution in [0.2, 0.25) is 0 Å². The van der Waals surface area contributed by atoms with Gasteiger partial charge in [-0.05, 0) is 17.2 Å². The molecule has 0 spiro atoms. The number of anilines is 1. The molecule has 0 radical (unpaired) electrons. The highest BCUT2D eigenvalue weighted by Crippen LogP contribution is 2.27. The van der Waals surface area contributed by atoms with E-state index < -0.39 is 4.92 Å². The number of benzene rings is 1. The molecule has 1 aliphatic rings. The van der Waals surface area contributed by atoms with E-state index in [1.807, 2.05) is 18.2 Å². The first-order valence-corrected chi connectivity index (χ1v) is 5.85. The highest BCUT2D eigenvalue weighted by Gasteiger charge is 2.18. The van der Waals surface area contributed by atoms with Crippen LogP contribution in [0, 0.1) is 10.1 Å². The summed E-state index contributed by atoms with van der Waals surface area (Å²) in [7, 11) is 0. The Bertz CT molecular complexity index is 650. The summed E-state index contributed by atoms with van der Waals surface area (Å²) in [5.41, 5.74) is 7.68. The molecule has 19 heavy (non-hydrogen) atoms. The van der Waals surface area contributed by atoms with Crippen molar-refractivity contribution in [2.24, 2.45) is 0 Å². The first-order chi connectivity index (χ1) is 9.15. The molecule has 0 bridgehead atoms. The maximum absolute atomic E-state index is 10.7. The standard InChI is InChI=1S/C12H12N4O3/c13-12-10(16(17)18)6-14-15(12)7-8-1-2-11-9(5-8)3-4-19-11/h1-2,5-6H,3-4,7,13H2. The van der Waals surface area contributed by atoms with Gasteiger partial charge in [-0.1, -0.05) is 12.1 Å². The third-order valence-corrected chi connectivity index (χ3v) is 3.14. The molecular formula is C12H12N4O3. The average molecular weight is 260 g/mol. The highest BCUT2D eigenvalue weighted by atomic mass is 16.6. The van der Waals surface area contributed by atoms with E-state index in [0.717, 1.165) is 23.3 Å². The molecular weight excluding hydrogens is 248 g/mol. The van der Waals surface area contributed by atoms with E-state index in [-0.39, 0.29) is 11.5 Å². The largest absolute Gasteiger partial charge is 0.493 e. The minimum absolute atomic E-state index is 0.0711. The average Bonchev–Trinajstić information content (AvgIpc) is 2.96. The second-order valence-corrected chi connectivity index (χ2v) is 4.37. The second-order valence-electron chi connectivity index (χ2n) is 4.37. The van der Waals surface area contributed by atoms with E-state index >= 15 is 0 Å². The normalized spacial score (nSPS) is 13.1. The van der Waals surface area contributed by atoms with Crippen LogP contribution in [0.4, 0.5) is 11.5 Å². The van der Waals surface area contributed by atoms with Crippen molar-refractivity contribution < 1.29 is 9.66 Å². The quantitative estimate of drug-likeness (QED) is 0.663. The second kappa shape index (κ2) is 4.27. The Hall–Kier alpha value is -2.57. The maximum atomic E-state index is 10.7. The van der Waals surface area contributed by atoms with Crippen LogP contribution in [-0.2, 0) is 13.0 Å². The van der Waals surface area contributed by atoms with Gasteiger partial charge in [0.15, 0.2) is 0 Å². The number of nitrogens with two attached hydrogens (primary N) is 1. The van der Waals surface area contributed by atoms with Crippen molar-refractivity contribution in [1.29, 1.82) is 0 Å². The van der Waals surface area contributed by atoms with Crippen LogP contribution in [0.1, 0.15) is 11.1 Å². The lowest BCUT2D eigenvalue weighted by Gasteiger charge is -2.05. The zero-order valence-electron chi connectivity index (χ0n) is 10.1. The molecule has 98 valence electrons. The third kappa shape index (κ3) is 1.99. The molecule has 0 unspecified atom stereocenters. The lowest BCUT2D eigenvalue weighted by molar-refractivity contribution is -0.384. The van der Waals surface area contributed by atoms with Crippen LogP contribution >= 0.6 is 0 Å². The van der Waals surface area contributed by atoms with Crippen LogP contribution in [0.3, 0.4) is 0 Å². The van der Waals surface area contributed by atoms with Gasteiger partial charge in [0.2, 0.25) is 5.82 Å². The fraction of sp³-hybridized carbons (Fsp3) is 0.250. The summed E-state index contributed by atoms with van der Waals surface area (Å²) in [5.74, 6) is 0.977. The number of nitro groups is 1. The van der Waals surface area contributed by atoms with Crippen molar-refractivity contribution in [3.63, 3.8) is 0 Å². The van der Waals surface area contributed by atoms with E-state index in [9.17, 15) is 10.1 Å². The first kappa shape index (κ1) is 11.5. The van der Waals surface area contributed by atoms with Crippen molar-refractivity contribution in [1.82, 2.24) is 9.78 Å². The van der Waals surface area contributed by atoms with Crippen molar-refractivity contribution in [2.75, 3.05) is 12.3 Å². The molecule has 7 nitrogen and oxygen atoms in total. The summed E-state index contributed by atoms with van der Waals surface area (Å²) in [6, 6.07) is 5.85. The summed E-state index contributed by atoms with van der Waals surface area (Å²) in [6.07, 6.45) is 2.06. The Labute approximate surface area is 108 Å². The van der Waals surface area contributed by atoms with Gasteiger partial charge in [-0.25, -0.2) is 4.68 Å². The molecule has 2 aromatic rings. The molecule has 0 amide bonds. The third-order valence-electron chi connectivity index (χ3n) is 3.14. The number of ether oxygens (including phenoxy) is 1. The number of fused-ring (bicyclic) bond motifs is 1. The van der Waals surface area contributed by atoms with Crippen molar-refractivity contribution >= 4 is 11.5 Å². The molecule has 0 saturated heterocycles. The summed E-state index contributed by atoms with van der Waals surface area (Å²) in [6.45, 7) is 1.11.